The molecule has 0 fully saturated rings. The van der Waals surface area contributed by atoms with Crippen LogP contribution in [0.5, 0.6) is 0 Å². The summed E-state index contributed by atoms with van der Waals surface area (Å²) in [4.78, 5) is 11.4. The first-order valence-electron chi connectivity index (χ1n) is 8.50. The Morgan fingerprint density at radius 3 is 2.73 bits per heavy atom. The molecule has 0 amide bonds. The molecule has 4 nitrogen and oxygen atoms in total. The lowest BCUT2D eigenvalue weighted by Crippen LogP contribution is -2.31. The third kappa shape index (κ3) is 3.84. The number of aromatic nitrogens is 2. The van der Waals surface area contributed by atoms with Gasteiger partial charge in [-0.15, -0.1) is 0 Å². The predicted molar refractivity (Wildman–Crippen MR) is 101 cm³/mol. The predicted octanol–water partition coefficient (Wildman–Crippen LogP) is 4.57. The van der Waals surface area contributed by atoms with Crippen molar-refractivity contribution >= 4 is 23.2 Å². The molecule has 0 spiro atoms. The van der Waals surface area contributed by atoms with Gasteiger partial charge in [0.2, 0.25) is 5.95 Å². The lowest BCUT2D eigenvalue weighted by molar-refractivity contribution is 0.243. The van der Waals surface area contributed by atoms with Gasteiger partial charge in [0.1, 0.15) is 5.82 Å². The maximum absolute atomic E-state index is 13.0. The Morgan fingerprint density at radius 2 is 1.92 bits per heavy atom. The highest BCUT2D eigenvalue weighted by atomic mass is 35.5. The second kappa shape index (κ2) is 7.40. The number of benzene rings is 2. The van der Waals surface area contributed by atoms with E-state index in [-0.39, 0.29) is 5.82 Å². The number of nitrogens with one attached hydrogen (secondary N) is 1. The summed E-state index contributed by atoms with van der Waals surface area (Å²) in [6.07, 6.45) is 2.73. The van der Waals surface area contributed by atoms with Gasteiger partial charge in [0, 0.05) is 48.5 Å². The molecule has 0 radical (unpaired) electrons. The molecule has 4 rings (SSSR count). The summed E-state index contributed by atoms with van der Waals surface area (Å²) in [5.74, 6) is 0.274. The van der Waals surface area contributed by atoms with E-state index in [9.17, 15) is 4.39 Å². The van der Waals surface area contributed by atoms with Crippen molar-refractivity contribution in [2.24, 2.45) is 0 Å². The number of anilines is 2. The van der Waals surface area contributed by atoms with Gasteiger partial charge in [-0.1, -0.05) is 29.8 Å². The van der Waals surface area contributed by atoms with Crippen LogP contribution in [0.25, 0.3) is 0 Å². The summed E-state index contributed by atoms with van der Waals surface area (Å²) < 4.78 is 13.0. The fraction of sp³-hybridized carbons (Fsp3) is 0.200. The molecule has 1 N–H and O–H groups in total. The van der Waals surface area contributed by atoms with E-state index in [4.69, 9.17) is 11.6 Å². The first-order chi connectivity index (χ1) is 12.7. The van der Waals surface area contributed by atoms with Crippen LogP contribution in [0.1, 0.15) is 16.8 Å². The average molecular weight is 369 g/mol. The Balaban J connectivity index is 1.45. The van der Waals surface area contributed by atoms with Gasteiger partial charge in [-0.25, -0.2) is 14.4 Å². The van der Waals surface area contributed by atoms with Crippen LogP contribution in [-0.2, 0) is 19.5 Å². The summed E-state index contributed by atoms with van der Waals surface area (Å²) in [5, 5.41) is 3.92. The van der Waals surface area contributed by atoms with Crippen molar-refractivity contribution in [3.63, 3.8) is 0 Å². The monoisotopic (exact) mass is 368 g/mol. The van der Waals surface area contributed by atoms with Crippen LogP contribution in [0.15, 0.2) is 54.7 Å². The van der Waals surface area contributed by atoms with Gasteiger partial charge in [0.25, 0.3) is 0 Å². The molecule has 132 valence electrons. The lowest BCUT2D eigenvalue weighted by atomic mass is 10.1. The van der Waals surface area contributed by atoms with Crippen LogP contribution in [0.4, 0.5) is 16.0 Å². The van der Waals surface area contributed by atoms with Crippen LogP contribution in [0.3, 0.4) is 0 Å². The SMILES string of the molecule is Fc1ccc(Nc2ncc3c(n2)CCN(Cc2ccccc2Cl)C3)cc1. The highest BCUT2D eigenvalue weighted by molar-refractivity contribution is 6.31. The zero-order chi connectivity index (χ0) is 17.9. The Morgan fingerprint density at radius 1 is 1.12 bits per heavy atom. The van der Waals surface area contributed by atoms with Crippen molar-refractivity contribution in [2.45, 2.75) is 19.5 Å². The van der Waals surface area contributed by atoms with E-state index in [0.717, 1.165) is 53.6 Å². The van der Waals surface area contributed by atoms with Gasteiger partial charge >= 0.3 is 0 Å². The molecular formula is C20H18ClFN4. The van der Waals surface area contributed by atoms with Gasteiger partial charge in [0.15, 0.2) is 0 Å². The molecule has 0 unspecified atom stereocenters. The van der Waals surface area contributed by atoms with Crippen LogP contribution < -0.4 is 5.32 Å². The molecule has 0 aliphatic carbocycles. The number of nitrogens with zero attached hydrogens (tertiary/aromatic N) is 3. The molecule has 0 atom stereocenters. The molecule has 0 saturated carbocycles. The Hall–Kier alpha value is -2.50. The smallest absolute Gasteiger partial charge is 0.227 e. The quantitative estimate of drug-likeness (QED) is 0.732. The standard InChI is InChI=1S/C20H18ClFN4/c21-18-4-2-1-3-14(18)12-26-10-9-19-15(13-26)11-23-20(25-19)24-17-7-5-16(22)6-8-17/h1-8,11H,9-10,12-13H2,(H,23,24,25). The summed E-state index contributed by atoms with van der Waals surface area (Å²) >= 11 is 6.27. The second-order valence-electron chi connectivity index (χ2n) is 6.35. The number of rotatable bonds is 4. The Labute approximate surface area is 156 Å². The maximum Gasteiger partial charge on any atom is 0.227 e. The van der Waals surface area contributed by atoms with Gasteiger partial charge in [-0.3, -0.25) is 4.90 Å². The molecule has 6 heteroatoms. The van der Waals surface area contributed by atoms with Gasteiger partial charge in [-0.2, -0.15) is 0 Å². The molecule has 0 bridgehead atoms. The van der Waals surface area contributed by atoms with Gasteiger partial charge in [0.05, 0.1) is 5.69 Å². The average Bonchev–Trinajstić information content (AvgIpc) is 2.66. The second-order valence-corrected chi connectivity index (χ2v) is 6.76. The normalized spacial score (nSPS) is 14.1. The fourth-order valence-corrected chi connectivity index (χ4v) is 3.30. The molecule has 1 aromatic heterocycles. The van der Waals surface area contributed by atoms with Crippen molar-refractivity contribution in [3.05, 3.63) is 82.4 Å². The number of halogens is 2. The molecule has 0 saturated heterocycles. The lowest BCUT2D eigenvalue weighted by Gasteiger charge is -2.28. The van der Waals surface area contributed by atoms with E-state index in [1.165, 1.54) is 12.1 Å². The van der Waals surface area contributed by atoms with Crippen molar-refractivity contribution in [2.75, 3.05) is 11.9 Å². The van der Waals surface area contributed by atoms with Gasteiger partial charge in [-0.05, 0) is 35.9 Å². The van der Waals surface area contributed by atoms with E-state index in [0.29, 0.717) is 5.95 Å². The van der Waals surface area contributed by atoms with Crippen molar-refractivity contribution in [1.82, 2.24) is 14.9 Å². The zero-order valence-electron chi connectivity index (χ0n) is 14.1. The fourth-order valence-electron chi connectivity index (χ4n) is 3.10. The Kier molecular flexibility index (Phi) is 4.82. The largest absolute Gasteiger partial charge is 0.324 e. The number of hydrogen-bond donors (Lipinski definition) is 1. The molecule has 26 heavy (non-hydrogen) atoms. The first kappa shape index (κ1) is 16.9. The summed E-state index contributed by atoms with van der Waals surface area (Å²) in [5.41, 5.74) is 4.09. The summed E-state index contributed by atoms with van der Waals surface area (Å²) in [7, 11) is 0. The van der Waals surface area contributed by atoms with E-state index >= 15 is 0 Å². The van der Waals surface area contributed by atoms with Crippen molar-refractivity contribution in [1.29, 1.82) is 0 Å². The van der Waals surface area contributed by atoms with Crippen LogP contribution >= 0.6 is 11.6 Å². The van der Waals surface area contributed by atoms with Crippen LogP contribution in [0.2, 0.25) is 5.02 Å². The number of hydrogen-bond acceptors (Lipinski definition) is 4. The third-order valence-electron chi connectivity index (χ3n) is 4.47. The highest BCUT2D eigenvalue weighted by Crippen LogP contribution is 2.23. The molecule has 2 heterocycles. The third-order valence-corrected chi connectivity index (χ3v) is 4.83. The molecule has 1 aliphatic rings. The Bertz CT molecular complexity index is 914. The molecule has 1 aliphatic heterocycles. The van der Waals surface area contributed by atoms with Crippen molar-refractivity contribution in [3.8, 4) is 0 Å². The van der Waals surface area contributed by atoms with Gasteiger partial charge < -0.3 is 5.32 Å². The number of fused-ring (bicyclic) bond motifs is 1. The van der Waals surface area contributed by atoms with Crippen LogP contribution in [0, 0.1) is 5.82 Å². The van der Waals surface area contributed by atoms with E-state index in [1.54, 1.807) is 12.1 Å². The molecule has 2 aromatic carbocycles. The van der Waals surface area contributed by atoms with E-state index in [2.05, 4.69) is 26.3 Å². The summed E-state index contributed by atoms with van der Waals surface area (Å²) in [6.45, 7) is 2.54. The minimum Gasteiger partial charge on any atom is -0.324 e. The highest BCUT2D eigenvalue weighted by Gasteiger charge is 2.19. The minimum atomic E-state index is -0.263. The van der Waals surface area contributed by atoms with E-state index < -0.39 is 0 Å². The minimum absolute atomic E-state index is 0.263. The van der Waals surface area contributed by atoms with E-state index in [1.807, 2.05) is 24.4 Å². The first-order valence-corrected chi connectivity index (χ1v) is 8.88. The van der Waals surface area contributed by atoms with Crippen LogP contribution in [-0.4, -0.2) is 21.4 Å². The molecule has 3 aromatic rings. The van der Waals surface area contributed by atoms with Crippen molar-refractivity contribution < 1.29 is 4.39 Å². The topological polar surface area (TPSA) is 41.1 Å². The maximum atomic E-state index is 13.0. The zero-order valence-corrected chi connectivity index (χ0v) is 14.9. The summed E-state index contributed by atoms with van der Waals surface area (Å²) in [6, 6.07) is 14.1. The molecular weight excluding hydrogens is 351 g/mol.